The highest BCUT2D eigenvalue weighted by atomic mass is 16.5. The lowest BCUT2D eigenvalue weighted by molar-refractivity contribution is 0.180. The molecule has 0 aliphatic carbocycles. The number of pyridine rings is 1. The zero-order chi connectivity index (χ0) is 11.2. The topological polar surface area (TPSA) is 51.4 Å². The summed E-state index contributed by atoms with van der Waals surface area (Å²) in [4.78, 5) is 6.53. The molecular formula is C12H19N3O. The molecule has 4 heteroatoms. The summed E-state index contributed by atoms with van der Waals surface area (Å²) in [6, 6.07) is 5.46. The molecule has 0 spiro atoms. The van der Waals surface area contributed by atoms with Gasteiger partial charge >= 0.3 is 0 Å². The van der Waals surface area contributed by atoms with Gasteiger partial charge in [-0.2, -0.15) is 4.98 Å². The quantitative estimate of drug-likeness (QED) is 0.837. The molecule has 16 heavy (non-hydrogen) atoms. The highest BCUT2D eigenvalue weighted by molar-refractivity contribution is 5.30. The van der Waals surface area contributed by atoms with E-state index in [2.05, 4.69) is 9.88 Å². The molecule has 1 fully saturated rings. The third-order valence-electron chi connectivity index (χ3n) is 2.85. The molecule has 0 saturated carbocycles. The van der Waals surface area contributed by atoms with Crippen molar-refractivity contribution in [3.05, 3.63) is 18.2 Å². The van der Waals surface area contributed by atoms with Crippen LogP contribution in [0.3, 0.4) is 0 Å². The molecule has 0 aromatic carbocycles. The summed E-state index contributed by atoms with van der Waals surface area (Å²) in [6.45, 7) is 4.08. The zero-order valence-corrected chi connectivity index (χ0v) is 9.56. The average molecular weight is 221 g/mol. The summed E-state index contributed by atoms with van der Waals surface area (Å²) in [5.41, 5.74) is 5.57. The van der Waals surface area contributed by atoms with Crippen molar-refractivity contribution in [1.29, 1.82) is 0 Å². The van der Waals surface area contributed by atoms with E-state index < -0.39 is 0 Å². The van der Waals surface area contributed by atoms with Crippen LogP contribution in [0.25, 0.3) is 0 Å². The first-order valence-electron chi connectivity index (χ1n) is 5.92. The summed E-state index contributed by atoms with van der Waals surface area (Å²) in [5.74, 6) is 1.13. The summed E-state index contributed by atoms with van der Waals surface area (Å²) in [5, 5.41) is 0. The van der Waals surface area contributed by atoms with Gasteiger partial charge in [0.1, 0.15) is 12.4 Å². The number of hydrogen-bond acceptors (Lipinski definition) is 4. The van der Waals surface area contributed by atoms with Crippen molar-refractivity contribution in [3.8, 4) is 5.88 Å². The zero-order valence-electron chi connectivity index (χ0n) is 9.56. The van der Waals surface area contributed by atoms with Gasteiger partial charge < -0.3 is 10.5 Å². The third kappa shape index (κ3) is 3.38. The molecule has 0 amide bonds. The number of nitrogens with zero attached hydrogens (tertiary/aromatic N) is 2. The van der Waals surface area contributed by atoms with E-state index in [-0.39, 0.29) is 0 Å². The Kier molecular flexibility index (Phi) is 3.99. The van der Waals surface area contributed by atoms with Gasteiger partial charge in [-0.05, 0) is 32.0 Å². The van der Waals surface area contributed by atoms with Gasteiger partial charge in [0.15, 0.2) is 0 Å². The van der Waals surface area contributed by atoms with Crippen LogP contribution in [0.2, 0.25) is 0 Å². The standard InChI is InChI=1S/C12H19N3O/c13-11-5-4-6-12(14-11)16-10-9-15-7-2-1-3-8-15/h4-6H,1-3,7-10H2,(H2,13,14). The summed E-state index contributed by atoms with van der Waals surface area (Å²) in [6.07, 6.45) is 4.00. The van der Waals surface area contributed by atoms with Crippen LogP contribution in [0.15, 0.2) is 18.2 Å². The largest absolute Gasteiger partial charge is 0.476 e. The number of ether oxygens (including phenoxy) is 1. The third-order valence-corrected chi connectivity index (χ3v) is 2.85. The lowest BCUT2D eigenvalue weighted by atomic mass is 10.1. The van der Waals surface area contributed by atoms with Gasteiger partial charge in [0, 0.05) is 12.6 Å². The van der Waals surface area contributed by atoms with Crippen LogP contribution in [0.5, 0.6) is 5.88 Å². The highest BCUT2D eigenvalue weighted by Crippen LogP contribution is 2.10. The normalized spacial score (nSPS) is 17.2. The van der Waals surface area contributed by atoms with Crippen molar-refractivity contribution in [3.63, 3.8) is 0 Å². The van der Waals surface area contributed by atoms with E-state index in [9.17, 15) is 0 Å². The number of rotatable bonds is 4. The minimum absolute atomic E-state index is 0.510. The number of anilines is 1. The maximum absolute atomic E-state index is 5.57. The fourth-order valence-electron chi connectivity index (χ4n) is 1.97. The lowest BCUT2D eigenvalue weighted by Crippen LogP contribution is -2.33. The Bertz CT molecular complexity index is 324. The molecule has 1 aliphatic rings. The van der Waals surface area contributed by atoms with Gasteiger partial charge in [-0.25, -0.2) is 0 Å². The van der Waals surface area contributed by atoms with Crippen LogP contribution in [0.1, 0.15) is 19.3 Å². The number of hydrogen-bond donors (Lipinski definition) is 1. The van der Waals surface area contributed by atoms with Crippen LogP contribution in [0, 0.1) is 0 Å². The average Bonchev–Trinajstić information content (AvgIpc) is 2.30. The Morgan fingerprint density at radius 2 is 2.06 bits per heavy atom. The first-order valence-corrected chi connectivity index (χ1v) is 5.92. The summed E-state index contributed by atoms with van der Waals surface area (Å²) >= 11 is 0. The molecule has 1 aliphatic heterocycles. The van der Waals surface area contributed by atoms with Crippen LogP contribution >= 0.6 is 0 Å². The van der Waals surface area contributed by atoms with E-state index in [1.165, 1.54) is 32.4 Å². The minimum Gasteiger partial charge on any atom is -0.476 e. The molecule has 88 valence electrons. The van der Waals surface area contributed by atoms with Crippen LogP contribution in [0.4, 0.5) is 5.82 Å². The molecule has 2 N–H and O–H groups in total. The van der Waals surface area contributed by atoms with E-state index in [4.69, 9.17) is 10.5 Å². The van der Waals surface area contributed by atoms with Gasteiger partial charge in [0.05, 0.1) is 0 Å². The fourth-order valence-corrected chi connectivity index (χ4v) is 1.97. The first-order chi connectivity index (χ1) is 7.84. The van der Waals surface area contributed by atoms with Gasteiger partial charge in [-0.1, -0.05) is 12.5 Å². The maximum Gasteiger partial charge on any atom is 0.215 e. The van der Waals surface area contributed by atoms with Crippen LogP contribution in [-0.2, 0) is 0 Å². The molecule has 2 heterocycles. The predicted octanol–water partition coefficient (Wildman–Crippen LogP) is 1.53. The van der Waals surface area contributed by atoms with Crippen LogP contribution < -0.4 is 10.5 Å². The van der Waals surface area contributed by atoms with Crippen molar-refractivity contribution in [1.82, 2.24) is 9.88 Å². The molecule has 1 aromatic heterocycles. The molecule has 0 radical (unpaired) electrons. The molecule has 2 rings (SSSR count). The van der Waals surface area contributed by atoms with Crippen molar-refractivity contribution < 1.29 is 4.74 Å². The Hall–Kier alpha value is -1.29. The first kappa shape index (κ1) is 11.2. The predicted molar refractivity (Wildman–Crippen MR) is 64.4 cm³/mol. The Balaban J connectivity index is 1.71. The van der Waals surface area contributed by atoms with E-state index in [1.54, 1.807) is 6.07 Å². The number of piperidine rings is 1. The molecule has 1 saturated heterocycles. The molecule has 0 bridgehead atoms. The maximum atomic E-state index is 5.57. The van der Waals surface area contributed by atoms with Gasteiger partial charge in [-0.3, -0.25) is 4.90 Å². The molecule has 1 aromatic rings. The molecule has 0 atom stereocenters. The fraction of sp³-hybridized carbons (Fsp3) is 0.583. The smallest absolute Gasteiger partial charge is 0.215 e. The second-order valence-electron chi connectivity index (χ2n) is 4.15. The summed E-state index contributed by atoms with van der Waals surface area (Å²) < 4.78 is 5.56. The lowest BCUT2D eigenvalue weighted by Gasteiger charge is -2.25. The Morgan fingerprint density at radius 1 is 1.25 bits per heavy atom. The number of nitrogens with two attached hydrogens (primary N) is 1. The summed E-state index contributed by atoms with van der Waals surface area (Å²) in [7, 11) is 0. The molecular weight excluding hydrogens is 202 g/mol. The number of aromatic nitrogens is 1. The van der Waals surface area contributed by atoms with Crippen LogP contribution in [-0.4, -0.2) is 36.1 Å². The van der Waals surface area contributed by atoms with Crippen molar-refractivity contribution in [2.75, 3.05) is 32.0 Å². The SMILES string of the molecule is Nc1cccc(OCCN2CCCCC2)n1. The van der Waals surface area contributed by atoms with Crippen molar-refractivity contribution >= 4 is 5.82 Å². The van der Waals surface area contributed by atoms with Gasteiger partial charge in [-0.15, -0.1) is 0 Å². The second-order valence-corrected chi connectivity index (χ2v) is 4.15. The molecule has 0 unspecified atom stereocenters. The van der Waals surface area contributed by atoms with Crippen molar-refractivity contribution in [2.24, 2.45) is 0 Å². The van der Waals surface area contributed by atoms with Gasteiger partial charge in [0.2, 0.25) is 5.88 Å². The number of nitrogen functional groups attached to an aromatic ring is 1. The molecule has 4 nitrogen and oxygen atoms in total. The Labute approximate surface area is 96.4 Å². The van der Waals surface area contributed by atoms with E-state index in [0.29, 0.717) is 18.3 Å². The highest BCUT2D eigenvalue weighted by Gasteiger charge is 2.09. The number of likely N-dealkylation sites (tertiary alicyclic amines) is 1. The van der Waals surface area contributed by atoms with Crippen molar-refractivity contribution in [2.45, 2.75) is 19.3 Å². The van der Waals surface area contributed by atoms with E-state index in [1.807, 2.05) is 12.1 Å². The minimum atomic E-state index is 0.510. The second kappa shape index (κ2) is 5.70. The van der Waals surface area contributed by atoms with E-state index >= 15 is 0 Å². The Morgan fingerprint density at radius 3 is 2.81 bits per heavy atom. The van der Waals surface area contributed by atoms with Gasteiger partial charge in [0.25, 0.3) is 0 Å². The van der Waals surface area contributed by atoms with E-state index in [0.717, 1.165) is 6.54 Å². The monoisotopic (exact) mass is 221 g/mol.